The van der Waals surface area contributed by atoms with E-state index in [1.165, 1.54) is 80.2 Å². The minimum absolute atomic E-state index is 0.602. The van der Waals surface area contributed by atoms with Gasteiger partial charge in [-0.25, -0.2) is 0 Å². The van der Waals surface area contributed by atoms with Crippen LogP contribution in [-0.2, 0) is 19.4 Å². The fourth-order valence-corrected chi connectivity index (χ4v) is 4.47. The molecule has 0 radical (unpaired) electrons. The van der Waals surface area contributed by atoms with Gasteiger partial charge in [0.1, 0.15) is 0 Å². The maximum Gasteiger partial charge on any atom is 0.0978 e. The van der Waals surface area contributed by atoms with Crippen molar-refractivity contribution in [1.29, 1.82) is 0 Å². The Morgan fingerprint density at radius 3 is 2.06 bits per heavy atom. The second kappa shape index (κ2) is 7.52. The summed E-state index contributed by atoms with van der Waals surface area (Å²) in [6.07, 6.45) is 13.4. The first-order valence-corrected chi connectivity index (χ1v) is 8.51. The minimum atomic E-state index is 0.602. The summed E-state index contributed by atoms with van der Waals surface area (Å²) in [5.41, 5.74) is 8.58. The number of nitrogens with two attached hydrogens (primary N) is 1. The van der Waals surface area contributed by atoms with E-state index in [2.05, 4.69) is 0 Å². The molecule has 1 heterocycles. The normalized spacial score (nSPS) is 18.8. The lowest BCUT2D eigenvalue weighted by Crippen LogP contribution is -2.02. The molecule has 0 bridgehead atoms. The van der Waals surface area contributed by atoms with Gasteiger partial charge in [0.25, 0.3) is 0 Å². The van der Waals surface area contributed by atoms with Gasteiger partial charge in [-0.2, -0.15) is 0 Å². The third kappa shape index (κ3) is 3.72. The number of hydrogen-bond donors (Lipinski definition) is 1. The molecule has 1 aliphatic rings. The lowest BCUT2D eigenvalue weighted by Gasteiger charge is -2.09. The first kappa shape index (κ1) is 14.4. The monoisotopic (exact) mass is 285 g/mol. The van der Waals surface area contributed by atoms with Crippen molar-refractivity contribution in [3.63, 3.8) is 0 Å². The number of aryl methyl sites for hydroxylation is 1. The maximum absolute atomic E-state index is 6.33. The molecular weight excluding hydrogens is 262 g/mol. The fourth-order valence-electron chi connectivity index (χ4n) is 2.86. The lowest BCUT2D eigenvalue weighted by molar-refractivity contribution is 0.561. The fraction of sp³-hybridized carbons (Fsp3) is 0.733. The number of rotatable bonds is 1. The van der Waals surface area contributed by atoms with Crippen LogP contribution in [0.3, 0.4) is 0 Å². The van der Waals surface area contributed by atoms with Crippen LogP contribution in [0, 0.1) is 0 Å². The van der Waals surface area contributed by atoms with Crippen LogP contribution in [0.4, 0.5) is 0 Å². The molecule has 1 nitrogen and oxygen atoms in total. The van der Waals surface area contributed by atoms with Gasteiger partial charge in [0.2, 0.25) is 0 Å². The first-order valence-electron chi connectivity index (χ1n) is 7.32. The Hall–Kier alpha value is -0.0500. The SMILES string of the molecule is NCc1c(Cl)sc2c1CCCCCCCCCC2. The predicted molar refractivity (Wildman–Crippen MR) is 81.6 cm³/mol. The first-order chi connectivity index (χ1) is 8.83. The number of fused-ring (bicyclic) bond motifs is 1. The zero-order valence-corrected chi connectivity index (χ0v) is 12.7. The van der Waals surface area contributed by atoms with Gasteiger partial charge >= 0.3 is 0 Å². The van der Waals surface area contributed by atoms with Crippen LogP contribution in [0.2, 0.25) is 4.34 Å². The summed E-state index contributed by atoms with van der Waals surface area (Å²) >= 11 is 8.10. The van der Waals surface area contributed by atoms with Gasteiger partial charge in [-0.3, -0.25) is 0 Å². The van der Waals surface area contributed by atoms with Crippen LogP contribution < -0.4 is 5.73 Å². The Balaban J connectivity index is 2.12. The highest BCUT2D eigenvalue weighted by molar-refractivity contribution is 7.16. The van der Waals surface area contributed by atoms with Gasteiger partial charge in [0.15, 0.2) is 0 Å². The van der Waals surface area contributed by atoms with Crippen molar-refractivity contribution in [2.45, 2.75) is 70.8 Å². The van der Waals surface area contributed by atoms with Gasteiger partial charge in [-0.15, -0.1) is 11.3 Å². The molecule has 0 aromatic carbocycles. The summed E-state index contributed by atoms with van der Waals surface area (Å²) in [5, 5.41) is 0. The molecule has 0 fully saturated rings. The Morgan fingerprint density at radius 1 is 0.889 bits per heavy atom. The molecule has 102 valence electrons. The Labute approximate surface area is 120 Å². The van der Waals surface area contributed by atoms with E-state index in [4.69, 9.17) is 17.3 Å². The topological polar surface area (TPSA) is 26.0 Å². The summed E-state index contributed by atoms with van der Waals surface area (Å²) in [6, 6.07) is 0. The zero-order valence-electron chi connectivity index (χ0n) is 11.1. The molecule has 0 atom stereocenters. The molecule has 0 spiro atoms. The quantitative estimate of drug-likeness (QED) is 0.765. The summed E-state index contributed by atoms with van der Waals surface area (Å²) in [6.45, 7) is 0.602. The van der Waals surface area contributed by atoms with E-state index in [1.807, 2.05) is 0 Å². The molecule has 1 aromatic rings. The van der Waals surface area contributed by atoms with Gasteiger partial charge < -0.3 is 5.73 Å². The standard InChI is InChI=1S/C15H24ClNS/c16-15-13(11-17)12-9-7-5-3-1-2-4-6-8-10-14(12)18-15/h1-11,17H2. The van der Waals surface area contributed by atoms with Crippen molar-refractivity contribution < 1.29 is 0 Å². The van der Waals surface area contributed by atoms with Crippen molar-refractivity contribution in [2.75, 3.05) is 0 Å². The van der Waals surface area contributed by atoms with E-state index in [9.17, 15) is 0 Å². The van der Waals surface area contributed by atoms with E-state index in [0.717, 1.165) is 4.34 Å². The third-order valence-corrected chi connectivity index (χ3v) is 5.52. The van der Waals surface area contributed by atoms with Gasteiger partial charge in [0, 0.05) is 11.4 Å². The van der Waals surface area contributed by atoms with Crippen LogP contribution >= 0.6 is 22.9 Å². The molecule has 0 amide bonds. The molecule has 2 rings (SSSR count). The van der Waals surface area contributed by atoms with Crippen LogP contribution in [-0.4, -0.2) is 0 Å². The number of halogens is 1. The highest BCUT2D eigenvalue weighted by atomic mass is 35.5. The van der Waals surface area contributed by atoms with Gasteiger partial charge in [0.05, 0.1) is 4.34 Å². The van der Waals surface area contributed by atoms with Crippen molar-refractivity contribution in [2.24, 2.45) is 5.73 Å². The molecule has 0 saturated carbocycles. The molecule has 1 aliphatic carbocycles. The zero-order chi connectivity index (χ0) is 12.8. The van der Waals surface area contributed by atoms with Crippen LogP contribution in [0.15, 0.2) is 0 Å². The Kier molecular flexibility index (Phi) is 6.00. The third-order valence-electron chi connectivity index (χ3n) is 3.94. The average Bonchev–Trinajstić information content (AvgIpc) is 2.65. The van der Waals surface area contributed by atoms with Crippen molar-refractivity contribution in [1.82, 2.24) is 0 Å². The minimum Gasteiger partial charge on any atom is -0.326 e. The molecule has 3 heteroatoms. The molecular formula is C15H24ClNS. The summed E-state index contributed by atoms with van der Waals surface area (Å²) < 4.78 is 0.942. The van der Waals surface area contributed by atoms with Crippen LogP contribution in [0.5, 0.6) is 0 Å². The van der Waals surface area contributed by atoms with Gasteiger partial charge in [-0.1, -0.05) is 50.1 Å². The molecule has 18 heavy (non-hydrogen) atoms. The van der Waals surface area contributed by atoms with Gasteiger partial charge in [-0.05, 0) is 36.8 Å². The van der Waals surface area contributed by atoms with E-state index in [0.29, 0.717) is 6.54 Å². The van der Waals surface area contributed by atoms with Crippen LogP contribution in [0.1, 0.15) is 67.4 Å². The molecule has 2 N–H and O–H groups in total. The maximum atomic E-state index is 6.33. The second-order valence-corrected chi connectivity index (χ2v) is 7.00. The molecule has 0 saturated heterocycles. The highest BCUT2D eigenvalue weighted by Crippen LogP contribution is 2.35. The Morgan fingerprint density at radius 2 is 1.44 bits per heavy atom. The van der Waals surface area contributed by atoms with E-state index < -0.39 is 0 Å². The van der Waals surface area contributed by atoms with E-state index >= 15 is 0 Å². The predicted octanol–water partition coefficient (Wildman–Crippen LogP) is 5.08. The summed E-state index contributed by atoms with van der Waals surface area (Å²) in [4.78, 5) is 1.51. The number of thiophene rings is 1. The van der Waals surface area contributed by atoms with Crippen molar-refractivity contribution >= 4 is 22.9 Å². The lowest BCUT2D eigenvalue weighted by atomic mass is 9.98. The van der Waals surface area contributed by atoms with Crippen molar-refractivity contribution in [3.8, 4) is 0 Å². The molecule has 1 aromatic heterocycles. The highest BCUT2D eigenvalue weighted by Gasteiger charge is 2.15. The summed E-state index contributed by atoms with van der Waals surface area (Å²) in [5.74, 6) is 0. The van der Waals surface area contributed by atoms with Crippen LogP contribution in [0.25, 0.3) is 0 Å². The smallest absolute Gasteiger partial charge is 0.0978 e. The van der Waals surface area contributed by atoms with E-state index in [1.54, 1.807) is 11.3 Å². The second-order valence-electron chi connectivity index (χ2n) is 5.29. The summed E-state index contributed by atoms with van der Waals surface area (Å²) in [7, 11) is 0. The number of hydrogen-bond acceptors (Lipinski definition) is 2. The van der Waals surface area contributed by atoms with E-state index in [-0.39, 0.29) is 0 Å². The van der Waals surface area contributed by atoms with Crippen molar-refractivity contribution in [3.05, 3.63) is 20.3 Å². The molecule has 0 unspecified atom stereocenters. The Bertz CT molecular complexity index is 373. The largest absolute Gasteiger partial charge is 0.326 e. The average molecular weight is 286 g/mol. The molecule has 0 aliphatic heterocycles.